The molecule has 15 heteroatoms. The van der Waals surface area contributed by atoms with Gasteiger partial charge < -0.3 is 34.4 Å². The lowest BCUT2D eigenvalue weighted by Crippen LogP contribution is -2.53. The third-order valence-corrected chi connectivity index (χ3v) is 8.01. The summed E-state index contributed by atoms with van der Waals surface area (Å²) in [5.41, 5.74) is -0.287. The van der Waals surface area contributed by atoms with Gasteiger partial charge in [-0.05, 0) is 37.5 Å². The summed E-state index contributed by atoms with van der Waals surface area (Å²) in [6.45, 7) is 2.43. The number of nitrogens with zero attached hydrogens (tertiary/aromatic N) is 2. The molecule has 4 heterocycles. The summed E-state index contributed by atoms with van der Waals surface area (Å²) in [5, 5.41) is 9.50. The zero-order valence-corrected chi connectivity index (χ0v) is 23.4. The molecule has 1 spiro atoms. The minimum atomic E-state index is -3.77. The van der Waals surface area contributed by atoms with E-state index in [2.05, 4.69) is 25.3 Å². The molecule has 5 aliphatic rings. The van der Waals surface area contributed by atoms with Crippen molar-refractivity contribution >= 4 is 29.4 Å². The Morgan fingerprint density at radius 1 is 1.16 bits per heavy atom. The third kappa shape index (κ3) is 6.21. The summed E-state index contributed by atoms with van der Waals surface area (Å²) in [6, 6.07) is 2.03. The lowest BCUT2D eigenvalue weighted by Gasteiger charge is -2.26. The number of benzene rings is 1. The van der Waals surface area contributed by atoms with Crippen LogP contribution in [0.1, 0.15) is 57.4 Å². The molecule has 232 valence electrons. The van der Waals surface area contributed by atoms with Crippen molar-refractivity contribution in [3.05, 3.63) is 23.8 Å². The van der Waals surface area contributed by atoms with Crippen LogP contribution in [0.5, 0.6) is 11.5 Å². The van der Waals surface area contributed by atoms with Gasteiger partial charge in [-0.1, -0.05) is 18.5 Å². The number of nitrogens with one attached hydrogen (secondary N) is 2. The van der Waals surface area contributed by atoms with Crippen molar-refractivity contribution in [1.29, 1.82) is 0 Å². The average Bonchev–Trinajstić information content (AvgIpc) is 3.31. The highest BCUT2D eigenvalue weighted by molar-refractivity contribution is 6.38. The third-order valence-electron chi connectivity index (χ3n) is 8.01. The van der Waals surface area contributed by atoms with Crippen molar-refractivity contribution < 1.29 is 51.7 Å². The largest absolute Gasteiger partial charge is 0.586 e. The van der Waals surface area contributed by atoms with Crippen LogP contribution in [0.2, 0.25) is 0 Å². The van der Waals surface area contributed by atoms with Gasteiger partial charge in [-0.15, -0.1) is 8.78 Å². The Bertz CT molecular complexity index is 1350. The summed E-state index contributed by atoms with van der Waals surface area (Å²) >= 11 is 0. The van der Waals surface area contributed by atoms with Crippen molar-refractivity contribution in [3.63, 3.8) is 0 Å². The highest BCUT2D eigenvalue weighted by atomic mass is 19.3. The fourth-order valence-corrected chi connectivity index (χ4v) is 5.66. The first kappa shape index (κ1) is 29.1. The van der Waals surface area contributed by atoms with E-state index in [1.807, 2.05) is 6.92 Å². The van der Waals surface area contributed by atoms with Crippen LogP contribution < -0.4 is 20.1 Å². The molecular formula is C28H32F2N4O9. The zero-order chi connectivity index (χ0) is 30.4. The smallest absolute Gasteiger partial charge is 0.444 e. The molecule has 1 aromatic rings. The van der Waals surface area contributed by atoms with Gasteiger partial charge in [0.2, 0.25) is 11.7 Å². The molecule has 6 rings (SSSR count). The topological polar surface area (TPSA) is 154 Å². The van der Waals surface area contributed by atoms with Gasteiger partial charge in [0.1, 0.15) is 12.1 Å². The molecule has 3 fully saturated rings. The first-order valence-corrected chi connectivity index (χ1v) is 14.4. The molecule has 0 aromatic heterocycles. The number of amides is 3. The molecule has 0 radical (unpaired) electrons. The number of fused-ring (bicyclic) bond motifs is 1. The number of likely N-dealkylation sites (tertiary alicyclic amines) is 1. The quantitative estimate of drug-likeness (QED) is 0.402. The van der Waals surface area contributed by atoms with Crippen molar-refractivity contribution in [3.8, 4) is 11.5 Å². The normalized spacial score (nSPS) is 27.4. The number of oxime groups is 1. The molecule has 2 saturated heterocycles. The van der Waals surface area contributed by atoms with E-state index in [0.29, 0.717) is 30.7 Å². The Morgan fingerprint density at radius 3 is 2.67 bits per heavy atom. The summed E-state index contributed by atoms with van der Waals surface area (Å²) in [7, 11) is 0. The number of carbonyl (C=O) groups is 4. The number of halogens is 2. The van der Waals surface area contributed by atoms with Gasteiger partial charge in [0.25, 0.3) is 5.91 Å². The predicted molar refractivity (Wildman–Crippen MR) is 141 cm³/mol. The van der Waals surface area contributed by atoms with Crippen molar-refractivity contribution in [2.75, 3.05) is 19.8 Å². The summed E-state index contributed by atoms with van der Waals surface area (Å²) in [5.74, 6) is -2.41. The minimum absolute atomic E-state index is 0.00598. The van der Waals surface area contributed by atoms with Gasteiger partial charge in [-0.2, -0.15) is 0 Å². The Hall–Kier alpha value is -4.01. The fraction of sp³-hybridized carbons (Fsp3) is 0.607. The number of hydrogen-bond acceptors (Lipinski definition) is 10. The van der Waals surface area contributed by atoms with Gasteiger partial charge >= 0.3 is 12.4 Å². The molecule has 2 N–H and O–H groups in total. The number of hydrogen-bond donors (Lipinski definition) is 2. The van der Waals surface area contributed by atoms with Crippen LogP contribution in [0.25, 0.3) is 0 Å². The SMILES string of the molecule is CCC[C@H](NC(=O)[C@@H]1C[C@]2(CC(c3ccc4c(c3)OC(F)(F)O4)=NO2)CN1C(=O)O[C@H]1CCOC1)C(=O)C(=O)NC1CC1. The Balaban J connectivity index is 1.18. The fourth-order valence-electron chi connectivity index (χ4n) is 5.66. The van der Waals surface area contributed by atoms with E-state index < -0.39 is 53.8 Å². The number of carbonyl (C=O) groups excluding carboxylic acids is 4. The second-order valence-electron chi connectivity index (χ2n) is 11.5. The van der Waals surface area contributed by atoms with Gasteiger partial charge in [-0.3, -0.25) is 19.3 Å². The summed E-state index contributed by atoms with van der Waals surface area (Å²) in [6.07, 6.45) is -1.97. The Labute approximate surface area is 245 Å². The zero-order valence-electron chi connectivity index (χ0n) is 23.4. The van der Waals surface area contributed by atoms with E-state index in [-0.39, 0.29) is 50.0 Å². The van der Waals surface area contributed by atoms with Crippen LogP contribution in [0.3, 0.4) is 0 Å². The van der Waals surface area contributed by atoms with E-state index in [1.165, 1.54) is 23.1 Å². The second kappa shape index (κ2) is 11.2. The van der Waals surface area contributed by atoms with Crippen LogP contribution in [0.15, 0.2) is 23.4 Å². The van der Waals surface area contributed by atoms with Gasteiger partial charge in [0.15, 0.2) is 17.1 Å². The van der Waals surface area contributed by atoms with E-state index in [9.17, 15) is 28.0 Å². The van der Waals surface area contributed by atoms with Crippen LogP contribution in [0.4, 0.5) is 13.6 Å². The lowest BCUT2D eigenvalue weighted by atomic mass is 9.91. The maximum Gasteiger partial charge on any atom is 0.586 e. The molecule has 0 unspecified atom stereocenters. The molecular weight excluding hydrogens is 574 g/mol. The molecule has 43 heavy (non-hydrogen) atoms. The Kier molecular flexibility index (Phi) is 7.60. The van der Waals surface area contributed by atoms with Crippen molar-refractivity contribution in [2.45, 2.75) is 88.0 Å². The van der Waals surface area contributed by atoms with E-state index >= 15 is 0 Å². The number of alkyl halides is 2. The molecule has 13 nitrogen and oxygen atoms in total. The average molecular weight is 607 g/mol. The van der Waals surface area contributed by atoms with Gasteiger partial charge in [0.05, 0.1) is 31.5 Å². The van der Waals surface area contributed by atoms with E-state index in [1.54, 1.807) is 0 Å². The second-order valence-corrected chi connectivity index (χ2v) is 11.5. The van der Waals surface area contributed by atoms with Crippen LogP contribution in [-0.4, -0.2) is 90.2 Å². The first-order valence-electron chi connectivity index (χ1n) is 14.4. The monoisotopic (exact) mass is 606 g/mol. The number of Topliss-reactive ketones (excluding diaryl/α,β-unsaturated/α-hetero) is 1. The molecule has 0 bridgehead atoms. The lowest BCUT2D eigenvalue weighted by molar-refractivity contribution is -0.286. The maximum atomic E-state index is 13.7. The predicted octanol–water partition coefficient (Wildman–Crippen LogP) is 2.00. The summed E-state index contributed by atoms with van der Waals surface area (Å²) in [4.78, 5) is 59.4. The minimum Gasteiger partial charge on any atom is -0.444 e. The van der Waals surface area contributed by atoms with E-state index in [0.717, 1.165) is 12.8 Å². The first-order chi connectivity index (χ1) is 20.5. The van der Waals surface area contributed by atoms with E-state index in [4.69, 9.17) is 14.3 Å². The highest BCUT2D eigenvalue weighted by Crippen LogP contribution is 2.44. The van der Waals surface area contributed by atoms with Crippen molar-refractivity contribution in [2.24, 2.45) is 5.16 Å². The molecule has 4 atom stereocenters. The molecule has 1 aromatic carbocycles. The highest BCUT2D eigenvalue weighted by Gasteiger charge is 2.55. The van der Waals surface area contributed by atoms with Crippen LogP contribution in [0, 0.1) is 0 Å². The standard InChI is InChI=1S/C28H32F2N4O9/c1-2-3-18(23(35)25(37)31-16-5-6-16)32-24(36)20-12-27(14-34(20)26(38)40-17-8-9-39-13-17)11-19(33-43-27)15-4-7-21-22(10-15)42-28(29,30)41-21/h4,7,10,16-18,20H,2-3,5-6,8-9,11-14H2,1H3,(H,31,37)(H,32,36)/t17-,18-,20-,27+/m0/s1. The number of ketones is 1. The van der Waals surface area contributed by atoms with Crippen molar-refractivity contribution in [1.82, 2.24) is 15.5 Å². The molecule has 3 amide bonds. The van der Waals surface area contributed by atoms with Gasteiger partial charge in [-0.25, -0.2) is 4.79 Å². The van der Waals surface area contributed by atoms with Crippen LogP contribution in [-0.2, 0) is 28.7 Å². The molecule has 1 aliphatic carbocycles. The van der Waals surface area contributed by atoms with Crippen LogP contribution >= 0.6 is 0 Å². The number of ether oxygens (including phenoxy) is 4. The number of rotatable bonds is 9. The summed E-state index contributed by atoms with van der Waals surface area (Å²) < 4.78 is 47.0. The molecule has 4 aliphatic heterocycles. The molecule has 1 saturated carbocycles. The maximum absolute atomic E-state index is 13.7. The van der Waals surface area contributed by atoms with Gasteiger partial charge in [0, 0.05) is 30.9 Å². The Morgan fingerprint density at radius 2 is 1.95 bits per heavy atom.